The molecular weight excluding hydrogens is 319 g/mol. The SMILES string of the molecule is NC(=O)Cn1cc(C(=O)Nc2ccc(F)c(-c3ncn[nH]3)c2)nn1. The van der Waals surface area contributed by atoms with Gasteiger partial charge in [0.05, 0.1) is 11.8 Å². The maximum absolute atomic E-state index is 13.8. The molecule has 2 amide bonds. The number of carbonyl (C=O) groups is 2. The van der Waals surface area contributed by atoms with Gasteiger partial charge in [-0.25, -0.2) is 14.1 Å². The van der Waals surface area contributed by atoms with E-state index >= 15 is 0 Å². The van der Waals surface area contributed by atoms with Gasteiger partial charge in [-0.3, -0.25) is 14.7 Å². The molecule has 4 N–H and O–H groups in total. The van der Waals surface area contributed by atoms with Gasteiger partial charge in [-0.2, -0.15) is 5.10 Å². The average molecular weight is 330 g/mol. The van der Waals surface area contributed by atoms with Crippen molar-refractivity contribution in [2.24, 2.45) is 5.73 Å². The van der Waals surface area contributed by atoms with E-state index in [1.165, 1.54) is 30.7 Å². The fraction of sp³-hybridized carbons (Fsp3) is 0.0769. The molecule has 10 nitrogen and oxygen atoms in total. The summed E-state index contributed by atoms with van der Waals surface area (Å²) >= 11 is 0. The normalized spacial score (nSPS) is 10.5. The number of rotatable bonds is 5. The highest BCUT2D eigenvalue weighted by atomic mass is 19.1. The highest BCUT2D eigenvalue weighted by Gasteiger charge is 2.14. The van der Waals surface area contributed by atoms with Crippen molar-refractivity contribution in [2.45, 2.75) is 6.54 Å². The standard InChI is InChI=1S/C13H11FN8O2/c14-9-2-1-7(3-8(9)12-16-6-17-20-12)18-13(24)10-4-22(21-19-10)5-11(15)23/h1-4,6H,5H2,(H2,15,23)(H,18,24)(H,16,17,20). The zero-order valence-electron chi connectivity index (χ0n) is 12.1. The van der Waals surface area contributed by atoms with E-state index < -0.39 is 17.6 Å². The molecule has 2 aromatic heterocycles. The Morgan fingerprint density at radius 2 is 2.21 bits per heavy atom. The van der Waals surface area contributed by atoms with E-state index in [0.717, 1.165) is 4.68 Å². The van der Waals surface area contributed by atoms with E-state index in [4.69, 9.17) is 5.73 Å². The second kappa shape index (κ2) is 6.24. The lowest BCUT2D eigenvalue weighted by atomic mass is 10.1. The van der Waals surface area contributed by atoms with Gasteiger partial charge in [-0.15, -0.1) is 5.10 Å². The minimum absolute atomic E-state index is 0.0122. The predicted molar refractivity (Wildman–Crippen MR) is 78.9 cm³/mol. The number of H-pyrrole nitrogens is 1. The molecule has 0 atom stereocenters. The molecule has 0 aliphatic carbocycles. The van der Waals surface area contributed by atoms with E-state index in [0.29, 0.717) is 5.69 Å². The molecule has 122 valence electrons. The van der Waals surface area contributed by atoms with Crippen LogP contribution in [0.25, 0.3) is 11.4 Å². The van der Waals surface area contributed by atoms with Gasteiger partial charge in [0.2, 0.25) is 5.91 Å². The molecule has 11 heteroatoms. The molecule has 0 unspecified atom stereocenters. The maximum atomic E-state index is 13.8. The number of nitrogens with zero attached hydrogens (tertiary/aromatic N) is 5. The number of hydrogen-bond donors (Lipinski definition) is 3. The molecule has 3 rings (SSSR count). The first-order valence-corrected chi connectivity index (χ1v) is 6.68. The Morgan fingerprint density at radius 3 is 2.92 bits per heavy atom. The summed E-state index contributed by atoms with van der Waals surface area (Å²) < 4.78 is 15.0. The van der Waals surface area contributed by atoms with Crippen molar-refractivity contribution in [1.29, 1.82) is 0 Å². The van der Waals surface area contributed by atoms with Crippen LogP contribution < -0.4 is 11.1 Å². The summed E-state index contributed by atoms with van der Waals surface area (Å²) in [5.41, 5.74) is 5.51. The molecule has 0 fully saturated rings. The lowest BCUT2D eigenvalue weighted by Crippen LogP contribution is -2.19. The number of nitrogens with one attached hydrogen (secondary N) is 2. The number of anilines is 1. The minimum atomic E-state index is -0.609. The van der Waals surface area contributed by atoms with Crippen molar-refractivity contribution >= 4 is 17.5 Å². The first-order valence-electron chi connectivity index (χ1n) is 6.68. The average Bonchev–Trinajstić information content (AvgIpc) is 3.20. The molecule has 0 radical (unpaired) electrons. The molecule has 0 saturated carbocycles. The number of aromatic amines is 1. The Hall–Kier alpha value is -3.63. The van der Waals surface area contributed by atoms with Crippen LogP contribution in [-0.4, -0.2) is 42.0 Å². The lowest BCUT2D eigenvalue weighted by Gasteiger charge is -2.05. The van der Waals surface area contributed by atoms with Crippen molar-refractivity contribution < 1.29 is 14.0 Å². The van der Waals surface area contributed by atoms with Gasteiger partial charge in [0.1, 0.15) is 18.7 Å². The summed E-state index contributed by atoms with van der Waals surface area (Å²) in [4.78, 5) is 26.8. The Bertz CT molecular complexity index is 889. The van der Waals surface area contributed by atoms with Crippen LogP contribution in [0.3, 0.4) is 0 Å². The fourth-order valence-electron chi connectivity index (χ4n) is 1.95. The number of amides is 2. The summed E-state index contributed by atoms with van der Waals surface area (Å²) in [6, 6.07) is 3.99. The first kappa shape index (κ1) is 15.3. The number of aromatic nitrogens is 6. The van der Waals surface area contributed by atoms with Crippen LogP contribution in [0, 0.1) is 5.82 Å². The number of primary amides is 1. The van der Waals surface area contributed by atoms with Crippen molar-refractivity contribution in [2.75, 3.05) is 5.32 Å². The van der Waals surface area contributed by atoms with Gasteiger partial charge in [0, 0.05) is 5.69 Å². The molecule has 24 heavy (non-hydrogen) atoms. The van der Waals surface area contributed by atoms with E-state index in [2.05, 4.69) is 30.8 Å². The van der Waals surface area contributed by atoms with Crippen LogP contribution in [0.1, 0.15) is 10.5 Å². The zero-order valence-corrected chi connectivity index (χ0v) is 12.1. The quantitative estimate of drug-likeness (QED) is 0.597. The van der Waals surface area contributed by atoms with E-state index in [1.54, 1.807) is 0 Å². The highest BCUT2D eigenvalue weighted by Crippen LogP contribution is 2.22. The van der Waals surface area contributed by atoms with Gasteiger partial charge in [-0.05, 0) is 18.2 Å². The summed E-state index contributed by atoms with van der Waals surface area (Å²) in [6.45, 7) is -0.188. The summed E-state index contributed by atoms with van der Waals surface area (Å²) in [5.74, 6) is -1.46. The van der Waals surface area contributed by atoms with Gasteiger partial charge in [0.15, 0.2) is 11.5 Å². The van der Waals surface area contributed by atoms with Crippen LogP contribution in [0.2, 0.25) is 0 Å². The Labute approximate surface area is 133 Å². The number of halogens is 1. The van der Waals surface area contributed by atoms with Crippen LogP contribution in [0.15, 0.2) is 30.7 Å². The predicted octanol–water partition coefficient (Wildman–Crippen LogP) is -0.0601. The van der Waals surface area contributed by atoms with Gasteiger partial charge in [0.25, 0.3) is 5.91 Å². The second-order valence-corrected chi connectivity index (χ2v) is 4.75. The number of hydrogen-bond acceptors (Lipinski definition) is 6. The van der Waals surface area contributed by atoms with Gasteiger partial charge >= 0.3 is 0 Å². The third-order valence-electron chi connectivity index (χ3n) is 2.98. The summed E-state index contributed by atoms with van der Waals surface area (Å²) in [5, 5.41) is 16.0. The highest BCUT2D eigenvalue weighted by molar-refractivity contribution is 6.02. The second-order valence-electron chi connectivity index (χ2n) is 4.75. The Balaban J connectivity index is 1.78. The molecule has 0 spiro atoms. The lowest BCUT2D eigenvalue weighted by molar-refractivity contribution is -0.118. The molecule has 3 aromatic rings. The van der Waals surface area contributed by atoms with Crippen molar-refractivity contribution in [3.8, 4) is 11.4 Å². The molecule has 1 aromatic carbocycles. The maximum Gasteiger partial charge on any atom is 0.277 e. The molecule has 0 saturated heterocycles. The third-order valence-corrected chi connectivity index (χ3v) is 2.98. The van der Waals surface area contributed by atoms with E-state index in [1.807, 2.05) is 0 Å². The summed E-state index contributed by atoms with van der Waals surface area (Å²) in [6.07, 6.45) is 2.53. The van der Waals surface area contributed by atoms with Crippen LogP contribution in [0.5, 0.6) is 0 Å². The monoisotopic (exact) mass is 330 g/mol. The van der Waals surface area contributed by atoms with Crippen LogP contribution in [0.4, 0.5) is 10.1 Å². The Morgan fingerprint density at radius 1 is 1.38 bits per heavy atom. The van der Waals surface area contributed by atoms with E-state index in [9.17, 15) is 14.0 Å². The molecule has 0 aliphatic heterocycles. The van der Waals surface area contributed by atoms with Gasteiger partial charge in [-0.1, -0.05) is 5.21 Å². The van der Waals surface area contributed by atoms with Crippen molar-refractivity contribution in [3.63, 3.8) is 0 Å². The fourth-order valence-corrected chi connectivity index (χ4v) is 1.95. The van der Waals surface area contributed by atoms with Crippen molar-refractivity contribution in [3.05, 3.63) is 42.2 Å². The molecular formula is C13H11FN8O2. The smallest absolute Gasteiger partial charge is 0.277 e. The largest absolute Gasteiger partial charge is 0.368 e. The topological polar surface area (TPSA) is 144 Å². The Kier molecular flexibility index (Phi) is 3.97. The van der Waals surface area contributed by atoms with Gasteiger partial charge < -0.3 is 11.1 Å². The molecule has 2 heterocycles. The van der Waals surface area contributed by atoms with Crippen LogP contribution in [-0.2, 0) is 11.3 Å². The number of benzene rings is 1. The third kappa shape index (κ3) is 3.24. The number of nitrogens with two attached hydrogens (primary N) is 1. The van der Waals surface area contributed by atoms with E-state index in [-0.39, 0.29) is 23.6 Å². The minimum Gasteiger partial charge on any atom is -0.368 e. The molecule has 0 bridgehead atoms. The summed E-state index contributed by atoms with van der Waals surface area (Å²) in [7, 11) is 0. The zero-order chi connectivity index (χ0) is 17.1. The number of carbonyl (C=O) groups excluding carboxylic acids is 2. The molecule has 0 aliphatic rings. The first-order chi connectivity index (χ1) is 11.5. The van der Waals surface area contributed by atoms with Crippen molar-refractivity contribution in [1.82, 2.24) is 30.2 Å². The van der Waals surface area contributed by atoms with Crippen LogP contribution >= 0.6 is 0 Å².